The number of nitrogens with two attached hydrogens (primary N) is 1. The quantitative estimate of drug-likeness (QED) is 0.525. The molecule has 1 amide bonds. The van der Waals surface area contributed by atoms with Crippen molar-refractivity contribution >= 4 is 34.3 Å². The fourth-order valence-corrected chi connectivity index (χ4v) is 3.83. The Hall–Kier alpha value is -2.65. The fraction of sp³-hybridized carbons (Fsp3) is 0.368. The lowest BCUT2D eigenvalue weighted by Gasteiger charge is -2.30. The number of aliphatic hydroxyl groups excluding tert-OH is 1. The lowest BCUT2D eigenvalue weighted by atomic mass is 9.89. The van der Waals surface area contributed by atoms with Gasteiger partial charge in [0, 0.05) is 24.6 Å². The summed E-state index contributed by atoms with van der Waals surface area (Å²) in [6, 6.07) is 7.63. The first kappa shape index (κ1) is 20.1. The first-order valence-electron chi connectivity index (χ1n) is 9.07. The number of nitrogens with one attached hydrogen (secondary N) is 2. The van der Waals surface area contributed by atoms with Gasteiger partial charge >= 0.3 is 0 Å². The molecule has 3 rings (SSSR count). The third kappa shape index (κ3) is 4.99. The number of benzene rings is 1. The SMILES string of the molecule is CC1(c2cccc(NC(=O)c3cnc(NCCCO)cn3)c2)CCSC(N)=N1. The molecule has 2 aromatic rings. The fourth-order valence-electron chi connectivity index (χ4n) is 2.85. The van der Waals surface area contributed by atoms with Crippen molar-refractivity contribution in [2.24, 2.45) is 10.7 Å². The number of amidine groups is 1. The Morgan fingerprint density at radius 2 is 2.21 bits per heavy atom. The van der Waals surface area contributed by atoms with Crippen LogP contribution >= 0.6 is 11.8 Å². The molecule has 1 aromatic heterocycles. The van der Waals surface area contributed by atoms with Crippen LogP contribution in [0.25, 0.3) is 0 Å². The molecule has 1 atom stereocenters. The summed E-state index contributed by atoms with van der Waals surface area (Å²) >= 11 is 1.56. The van der Waals surface area contributed by atoms with Crippen LogP contribution in [0.1, 0.15) is 35.8 Å². The first-order chi connectivity index (χ1) is 13.5. The Bertz CT molecular complexity index is 858. The number of carbonyl (C=O) groups is 1. The molecule has 0 spiro atoms. The Balaban J connectivity index is 1.68. The third-order valence-corrected chi connectivity index (χ3v) is 5.26. The van der Waals surface area contributed by atoms with Crippen molar-refractivity contribution in [3.05, 3.63) is 47.9 Å². The van der Waals surface area contributed by atoms with Crippen molar-refractivity contribution < 1.29 is 9.90 Å². The molecule has 1 aliphatic heterocycles. The molecule has 0 fully saturated rings. The van der Waals surface area contributed by atoms with E-state index in [0.29, 0.717) is 29.6 Å². The molecule has 0 aliphatic carbocycles. The monoisotopic (exact) mass is 400 g/mol. The minimum absolute atomic E-state index is 0.107. The summed E-state index contributed by atoms with van der Waals surface area (Å²) in [5.41, 5.74) is 7.41. The average molecular weight is 401 g/mol. The number of aliphatic imine (C=N–C) groups is 1. The van der Waals surface area contributed by atoms with E-state index in [2.05, 4.69) is 32.5 Å². The van der Waals surface area contributed by atoms with Crippen LogP contribution in [-0.4, -0.2) is 45.1 Å². The second-order valence-corrected chi connectivity index (χ2v) is 7.76. The largest absolute Gasteiger partial charge is 0.396 e. The van der Waals surface area contributed by atoms with Gasteiger partial charge in [-0.05, 0) is 37.5 Å². The van der Waals surface area contributed by atoms with Crippen molar-refractivity contribution in [1.82, 2.24) is 9.97 Å². The molecule has 8 nitrogen and oxygen atoms in total. The van der Waals surface area contributed by atoms with E-state index in [4.69, 9.17) is 10.8 Å². The van der Waals surface area contributed by atoms with Crippen LogP contribution in [-0.2, 0) is 5.54 Å². The minimum Gasteiger partial charge on any atom is -0.396 e. The van der Waals surface area contributed by atoms with Crippen molar-refractivity contribution in [3.63, 3.8) is 0 Å². The number of rotatable bonds is 7. The Morgan fingerprint density at radius 3 is 2.93 bits per heavy atom. The second kappa shape index (κ2) is 9.03. The summed E-state index contributed by atoms with van der Waals surface area (Å²) in [5, 5.41) is 15.3. The highest BCUT2D eigenvalue weighted by Gasteiger charge is 2.29. The van der Waals surface area contributed by atoms with Crippen molar-refractivity contribution in [3.8, 4) is 0 Å². The summed E-state index contributed by atoms with van der Waals surface area (Å²) in [4.78, 5) is 25.4. The highest BCUT2D eigenvalue weighted by molar-refractivity contribution is 8.13. The number of nitrogens with zero attached hydrogens (tertiary/aromatic N) is 3. The van der Waals surface area contributed by atoms with Crippen LogP contribution in [0, 0.1) is 0 Å². The first-order valence-corrected chi connectivity index (χ1v) is 10.1. The van der Waals surface area contributed by atoms with Gasteiger partial charge in [-0.25, -0.2) is 9.97 Å². The number of aromatic nitrogens is 2. The summed E-state index contributed by atoms with van der Waals surface area (Å²) in [6.07, 6.45) is 4.42. The smallest absolute Gasteiger partial charge is 0.275 e. The zero-order valence-electron chi connectivity index (χ0n) is 15.7. The number of anilines is 2. The minimum atomic E-state index is -0.391. The predicted molar refractivity (Wildman–Crippen MR) is 113 cm³/mol. The van der Waals surface area contributed by atoms with Gasteiger partial charge in [0.1, 0.15) is 11.5 Å². The van der Waals surface area contributed by atoms with Crippen LogP contribution < -0.4 is 16.4 Å². The molecule has 1 aromatic carbocycles. The summed E-state index contributed by atoms with van der Waals surface area (Å²) in [5.74, 6) is 1.14. The lowest BCUT2D eigenvalue weighted by Crippen LogP contribution is -2.28. The van der Waals surface area contributed by atoms with E-state index >= 15 is 0 Å². The highest BCUT2D eigenvalue weighted by atomic mass is 32.2. The molecule has 0 bridgehead atoms. The summed E-state index contributed by atoms with van der Waals surface area (Å²) < 4.78 is 0. The highest BCUT2D eigenvalue weighted by Crippen LogP contribution is 2.35. The van der Waals surface area contributed by atoms with Crippen molar-refractivity contribution in [2.75, 3.05) is 29.5 Å². The van der Waals surface area contributed by atoms with Gasteiger partial charge in [-0.2, -0.15) is 0 Å². The van der Waals surface area contributed by atoms with E-state index in [1.807, 2.05) is 24.3 Å². The van der Waals surface area contributed by atoms with Gasteiger partial charge in [0.05, 0.1) is 17.9 Å². The van der Waals surface area contributed by atoms with Crippen molar-refractivity contribution in [1.29, 1.82) is 0 Å². The number of aliphatic hydroxyl groups is 1. The molecule has 9 heteroatoms. The van der Waals surface area contributed by atoms with E-state index in [-0.39, 0.29) is 18.2 Å². The number of thioether (sulfide) groups is 1. The molecule has 0 saturated heterocycles. The Morgan fingerprint density at radius 1 is 1.36 bits per heavy atom. The number of amides is 1. The molecule has 5 N–H and O–H groups in total. The van der Waals surface area contributed by atoms with E-state index in [1.165, 1.54) is 12.4 Å². The molecule has 0 saturated carbocycles. The van der Waals surface area contributed by atoms with E-state index in [0.717, 1.165) is 17.7 Å². The van der Waals surface area contributed by atoms with Crippen molar-refractivity contribution in [2.45, 2.75) is 25.3 Å². The van der Waals surface area contributed by atoms with E-state index < -0.39 is 5.54 Å². The number of hydrogen-bond acceptors (Lipinski definition) is 8. The molecule has 1 unspecified atom stereocenters. The number of carbonyl (C=O) groups excluding carboxylic acids is 1. The zero-order valence-corrected chi connectivity index (χ0v) is 16.5. The predicted octanol–water partition coefficient (Wildman–Crippen LogP) is 2.19. The van der Waals surface area contributed by atoms with Gasteiger partial charge < -0.3 is 21.5 Å². The van der Waals surface area contributed by atoms with Gasteiger partial charge in [0.15, 0.2) is 5.17 Å². The van der Waals surface area contributed by atoms with Crippen LogP contribution in [0.2, 0.25) is 0 Å². The second-order valence-electron chi connectivity index (χ2n) is 6.65. The van der Waals surface area contributed by atoms with Crippen LogP contribution in [0.4, 0.5) is 11.5 Å². The van der Waals surface area contributed by atoms with Gasteiger partial charge in [-0.3, -0.25) is 9.79 Å². The average Bonchev–Trinajstić information content (AvgIpc) is 2.69. The van der Waals surface area contributed by atoms with Gasteiger partial charge in [0.25, 0.3) is 5.91 Å². The maximum absolute atomic E-state index is 12.5. The summed E-state index contributed by atoms with van der Waals surface area (Å²) in [6.45, 7) is 2.75. The number of hydrogen-bond donors (Lipinski definition) is 4. The van der Waals surface area contributed by atoms with Gasteiger partial charge in [0.2, 0.25) is 0 Å². The van der Waals surface area contributed by atoms with Crippen LogP contribution in [0.15, 0.2) is 41.7 Å². The maximum Gasteiger partial charge on any atom is 0.275 e. The maximum atomic E-state index is 12.5. The molecule has 1 aliphatic rings. The van der Waals surface area contributed by atoms with Crippen LogP contribution in [0.5, 0.6) is 0 Å². The zero-order chi connectivity index (χ0) is 20.0. The standard InChI is InChI=1S/C19H24N6O2S/c1-19(6-9-28-18(20)25-19)13-4-2-5-14(10-13)24-17(27)15-11-23-16(12-22-15)21-7-3-8-26/h2,4-5,10-12,26H,3,6-9H2,1H3,(H2,20,25)(H,21,23)(H,24,27). The summed E-state index contributed by atoms with van der Waals surface area (Å²) in [7, 11) is 0. The topological polar surface area (TPSA) is 126 Å². The molecular formula is C19H24N6O2S. The van der Waals surface area contributed by atoms with Gasteiger partial charge in [-0.15, -0.1) is 0 Å². The molecule has 0 radical (unpaired) electrons. The van der Waals surface area contributed by atoms with Gasteiger partial charge in [-0.1, -0.05) is 23.9 Å². The molecule has 148 valence electrons. The molecule has 2 heterocycles. The molecule has 28 heavy (non-hydrogen) atoms. The van der Waals surface area contributed by atoms with E-state index in [1.54, 1.807) is 11.8 Å². The van der Waals surface area contributed by atoms with E-state index in [9.17, 15) is 4.79 Å². The Labute approximate surface area is 168 Å². The molecular weight excluding hydrogens is 376 g/mol. The lowest BCUT2D eigenvalue weighted by molar-refractivity contribution is 0.102. The van der Waals surface area contributed by atoms with Crippen LogP contribution in [0.3, 0.4) is 0 Å². The Kier molecular flexibility index (Phi) is 6.48. The third-order valence-electron chi connectivity index (χ3n) is 4.46. The normalized spacial score (nSPS) is 19.0.